The molecule has 0 bridgehead atoms. The Kier molecular flexibility index (Phi) is 7.57. The number of allylic oxidation sites excluding steroid dienone is 5. The number of esters is 1. The second-order valence-corrected chi connectivity index (χ2v) is 10.7. The Morgan fingerprint density at radius 3 is 2.63 bits per heavy atom. The van der Waals surface area contributed by atoms with Crippen LogP contribution in [0.5, 0.6) is 5.75 Å². The van der Waals surface area contributed by atoms with Gasteiger partial charge in [0.25, 0.3) is 0 Å². The van der Waals surface area contributed by atoms with E-state index < -0.39 is 0 Å². The van der Waals surface area contributed by atoms with Crippen molar-refractivity contribution in [3.05, 3.63) is 64.3 Å². The summed E-state index contributed by atoms with van der Waals surface area (Å²) in [6.07, 6.45) is 14.0. The van der Waals surface area contributed by atoms with Crippen molar-refractivity contribution in [2.75, 3.05) is 20.8 Å². The molecule has 2 unspecified atom stereocenters. The normalized spacial score (nSPS) is 23.2. The molecule has 0 radical (unpaired) electrons. The Morgan fingerprint density at radius 2 is 2.00 bits per heavy atom. The van der Waals surface area contributed by atoms with Gasteiger partial charge in [0.05, 0.1) is 13.7 Å². The SMILES string of the molecule is CCOC(=O)/C(C)=C/C1C=CC(C#Cc2cc(OC)c3c(c2)C(C)(C)CCC3N(C)C2CC2)=CC1. The molecule has 1 aromatic rings. The number of carbonyl (C=O) groups is 1. The third-order valence-corrected chi connectivity index (χ3v) is 7.63. The molecule has 4 nitrogen and oxygen atoms in total. The largest absolute Gasteiger partial charge is 0.496 e. The number of nitrogens with zero attached hydrogens (tertiary/aromatic N) is 1. The fourth-order valence-electron chi connectivity index (χ4n) is 5.32. The van der Waals surface area contributed by atoms with Crippen molar-refractivity contribution in [3.8, 4) is 17.6 Å². The molecule has 0 N–H and O–H groups in total. The lowest BCUT2D eigenvalue weighted by Gasteiger charge is -2.41. The third-order valence-electron chi connectivity index (χ3n) is 7.63. The van der Waals surface area contributed by atoms with Gasteiger partial charge in [-0.3, -0.25) is 4.90 Å². The van der Waals surface area contributed by atoms with Crippen LogP contribution in [0.2, 0.25) is 0 Å². The van der Waals surface area contributed by atoms with Crippen LogP contribution in [0.3, 0.4) is 0 Å². The topological polar surface area (TPSA) is 38.8 Å². The fraction of sp³-hybridized carbons (Fsp3) is 0.516. The fourth-order valence-corrected chi connectivity index (χ4v) is 5.32. The molecular weight excluding hydrogens is 434 g/mol. The highest BCUT2D eigenvalue weighted by atomic mass is 16.5. The lowest BCUT2D eigenvalue weighted by atomic mass is 9.70. The number of fused-ring (bicyclic) bond motifs is 1. The number of rotatable bonds is 6. The molecule has 0 spiro atoms. The molecule has 3 aliphatic rings. The van der Waals surface area contributed by atoms with E-state index in [9.17, 15) is 4.79 Å². The smallest absolute Gasteiger partial charge is 0.333 e. The average molecular weight is 474 g/mol. The van der Waals surface area contributed by atoms with Crippen molar-refractivity contribution in [2.24, 2.45) is 5.92 Å². The molecule has 0 saturated heterocycles. The van der Waals surface area contributed by atoms with E-state index >= 15 is 0 Å². The quantitative estimate of drug-likeness (QED) is 0.277. The van der Waals surface area contributed by atoms with E-state index in [1.54, 1.807) is 7.11 Å². The van der Waals surface area contributed by atoms with Gasteiger partial charge in [-0.25, -0.2) is 4.79 Å². The molecule has 2 atom stereocenters. The van der Waals surface area contributed by atoms with E-state index in [1.165, 1.54) is 24.0 Å². The molecule has 3 aliphatic carbocycles. The number of benzene rings is 1. The molecule has 1 aromatic carbocycles. The highest BCUT2D eigenvalue weighted by Gasteiger charge is 2.40. The van der Waals surface area contributed by atoms with Crippen molar-refractivity contribution in [2.45, 2.75) is 77.3 Å². The lowest BCUT2D eigenvalue weighted by molar-refractivity contribution is -0.138. The Bertz CT molecular complexity index is 1120. The number of methoxy groups -OCH3 is 1. The molecule has 0 aliphatic heterocycles. The summed E-state index contributed by atoms with van der Waals surface area (Å²) in [6, 6.07) is 5.53. The van der Waals surface area contributed by atoms with Crippen molar-refractivity contribution in [1.29, 1.82) is 0 Å². The third kappa shape index (κ3) is 5.73. The van der Waals surface area contributed by atoms with E-state index in [2.05, 4.69) is 68.0 Å². The summed E-state index contributed by atoms with van der Waals surface area (Å²) < 4.78 is 11.0. The van der Waals surface area contributed by atoms with Crippen LogP contribution in [0.1, 0.15) is 82.5 Å². The van der Waals surface area contributed by atoms with Gasteiger partial charge in [-0.1, -0.05) is 50.0 Å². The molecule has 4 rings (SSSR count). The first kappa shape index (κ1) is 25.3. The summed E-state index contributed by atoms with van der Waals surface area (Å²) >= 11 is 0. The standard InChI is InChI=1S/C31H39NO3/c1-7-35-30(33)21(2)18-23-11-8-22(9-12-23)10-13-24-19-26-29(28(20-24)34-6)27(16-17-31(26,3)4)32(5)25-14-15-25/h8-9,11,18-20,23,25,27H,7,12,14-17H2,1-6H3/b21-18+. The minimum absolute atomic E-state index is 0.0988. The Balaban J connectivity index is 1.55. The van der Waals surface area contributed by atoms with Crippen LogP contribution < -0.4 is 4.74 Å². The summed E-state index contributed by atoms with van der Waals surface area (Å²) in [7, 11) is 4.05. The minimum atomic E-state index is -0.245. The predicted molar refractivity (Wildman–Crippen MR) is 141 cm³/mol. The van der Waals surface area contributed by atoms with Crippen molar-refractivity contribution >= 4 is 5.97 Å². The Morgan fingerprint density at radius 1 is 1.23 bits per heavy atom. The van der Waals surface area contributed by atoms with E-state index in [1.807, 2.05) is 19.9 Å². The second-order valence-electron chi connectivity index (χ2n) is 10.7. The first-order chi connectivity index (χ1) is 16.7. The van der Waals surface area contributed by atoms with Gasteiger partial charge in [-0.2, -0.15) is 0 Å². The predicted octanol–water partition coefficient (Wildman–Crippen LogP) is 6.27. The van der Waals surface area contributed by atoms with Gasteiger partial charge in [-0.05, 0) is 82.0 Å². The summed E-state index contributed by atoms with van der Waals surface area (Å²) in [5.41, 5.74) is 5.48. The van der Waals surface area contributed by atoms with Crippen molar-refractivity contribution in [3.63, 3.8) is 0 Å². The zero-order chi connectivity index (χ0) is 25.2. The molecule has 4 heteroatoms. The molecular formula is C31H39NO3. The second kappa shape index (κ2) is 10.5. The maximum Gasteiger partial charge on any atom is 0.333 e. The van der Waals surface area contributed by atoms with Gasteiger partial charge in [-0.15, -0.1) is 0 Å². The van der Waals surface area contributed by atoms with Gasteiger partial charge in [0.2, 0.25) is 0 Å². The molecule has 1 fully saturated rings. The van der Waals surface area contributed by atoms with Crippen LogP contribution in [0, 0.1) is 17.8 Å². The van der Waals surface area contributed by atoms with E-state index in [0.29, 0.717) is 24.3 Å². The van der Waals surface area contributed by atoms with Crippen LogP contribution >= 0.6 is 0 Å². The van der Waals surface area contributed by atoms with Crippen LogP contribution in [0.4, 0.5) is 0 Å². The van der Waals surface area contributed by atoms with Crippen LogP contribution in [0.15, 0.2) is 47.6 Å². The van der Waals surface area contributed by atoms with Gasteiger partial charge < -0.3 is 9.47 Å². The van der Waals surface area contributed by atoms with E-state index in [-0.39, 0.29) is 17.3 Å². The van der Waals surface area contributed by atoms with Gasteiger partial charge >= 0.3 is 5.97 Å². The van der Waals surface area contributed by atoms with Gasteiger partial charge in [0.1, 0.15) is 5.75 Å². The maximum atomic E-state index is 11.9. The molecule has 1 saturated carbocycles. The summed E-state index contributed by atoms with van der Waals surface area (Å²) in [4.78, 5) is 14.4. The van der Waals surface area contributed by atoms with E-state index in [4.69, 9.17) is 9.47 Å². The first-order valence-corrected chi connectivity index (χ1v) is 12.9. The lowest BCUT2D eigenvalue weighted by Crippen LogP contribution is -2.35. The molecule has 35 heavy (non-hydrogen) atoms. The number of carbonyl (C=O) groups excluding carboxylic acids is 1. The monoisotopic (exact) mass is 473 g/mol. The van der Waals surface area contributed by atoms with E-state index in [0.717, 1.165) is 36.1 Å². The zero-order valence-electron chi connectivity index (χ0n) is 22.1. The minimum Gasteiger partial charge on any atom is -0.496 e. The zero-order valence-corrected chi connectivity index (χ0v) is 22.1. The average Bonchev–Trinajstić information content (AvgIpc) is 3.69. The van der Waals surface area contributed by atoms with Crippen LogP contribution in [0.25, 0.3) is 0 Å². The maximum absolute atomic E-state index is 11.9. The molecule has 186 valence electrons. The Hall–Kier alpha value is -2.77. The van der Waals surface area contributed by atoms with Crippen molar-refractivity contribution in [1.82, 2.24) is 4.90 Å². The molecule has 0 amide bonds. The molecule has 0 heterocycles. The van der Waals surface area contributed by atoms with Crippen LogP contribution in [-0.4, -0.2) is 37.7 Å². The summed E-state index contributed by atoms with van der Waals surface area (Å²) in [5, 5.41) is 0. The molecule has 0 aromatic heterocycles. The highest BCUT2D eigenvalue weighted by molar-refractivity contribution is 5.87. The summed E-state index contributed by atoms with van der Waals surface area (Å²) in [5.74, 6) is 7.65. The van der Waals surface area contributed by atoms with Gasteiger partial charge in [0.15, 0.2) is 0 Å². The van der Waals surface area contributed by atoms with Crippen molar-refractivity contribution < 1.29 is 14.3 Å². The number of ether oxygens (including phenoxy) is 2. The Labute approximate surface area is 211 Å². The van der Waals surface area contributed by atoms with Crippen LogP contribution in [-0.2, 0) is 14.9 Å². The first-order valence-electron chi connectivity index (χ1n) is 12.9. The number of hydrogen-bond donors (Lipinski definition) is 0. The highest BCUT2D eigenvalue weighted by Crippen LogP contribution is 2.49. The summed E-state index contributed by atoms with van der Waals surface area (Å²) in [6.45, 7) is 8.71. The number of hydrogen-bond acceptors (Lipinski definition) is 4. The van der Waals surface area contributed by atoms with Gasteiger partial charge in [0, 0.05) is 34.4 Å².